The van der Waals surface area contributed by atoms with Gasteiger partial charge in [-0.05, 0) is 6.07 Å². The Morgan fingerprint density at radius 1 is 1.12 bits per heavy atom. The zero-order valence-corrected chi connectivity index (χ0v) is 8.88. The van der Waals surface area contributed by atoms with E-state index in [0.717, 1.165) is 17.3 Å². The van der Waals surface area contributed by atoms with Crippen LogP contribution in [0.3, 0.4) is 0 Å². The van der Waals surface area contributed by atoms with Crippen molar-refractivity contribution >= 4 is 11.6 Å². The topological polar surface area (TPSA) is 75.6 Å². The van der Waals surface area contributed by atoms with Crippen molar-refractivity contribution in [2.24, 2.45) is 0 Å². The monoisotopic (exact) mass is 216 g/mol. The highest BCUT2D eigenvalue weighted by Gasteiger charge is 1.97. The molecule has 16 heavy (non-hydrogen) atoms. The Hall–Kier alpha value is -2.24. The van der Waals surface area contributed by atoms with Gasteiger partial charge >= 0.3 is 0 Å². The van der Waals surface area contributed by atoms with Gasteiger partial charge in [-0.1, -0.05) is 0 Å². The molecule has 2 N–H and O–H groups in total. The van der Waals surface area contributed by atoms with Gasteiger partial charge in [0.2, 0.25) is 0 Å². The van der Waals surface area contributed by atoms with E-state index < -0.39 is 0 Å². The van der Waals surface area contributed by atoms with E-state index in [2.05, 4.69) is 30.6 Å². The molecule has 0 saturated carbocycles. The molecule has 0 bridgehead atoms. The summed E-state index contributed by atoms with van der Waals surface area (Å²) in [5.74, 6) is 1.54. The van der Waals surface area contributed by atoms with Crippen LogP contribution in [0.5, 0.6) is 0 Å². The summed E-state index contributed by atoms with van der Waals surface area (Å²) in [6.07, 6.45) is 4.74. The normalized spacial score (nSPS) is 9.81. The minimum Gasteiger partial charge on any atom is -0.373 e. The van der Waals surface area contributed by atoms with Crippen LogP contribution in [0.2, 0.25) is 0 Å². The summed E-state index contributed by atoms with van der Waals surface area (Å²) in [6, 6.07) is 3.69. The van der Waals surface area contributed by atoms with Crippen LogP contribution in [0.25, 0.3) is 0 Å². The van der Waals surface area contributed by atoms with Crippen molar-refractivity contribution in [1.29, 1.82) is 0 Å². The first-order valence-electron chi connectivity index (χ1n) is 4.87. The third kappa shape index (κ3) is 2.63. The largest absolute Gasteiger partial charge is 0.373 e. The fourth-order valence-electron chi connectivity index (χ4n) is 1.19. The molecule has 6 heteroatoms. The van der Waals surface area contributed by atoms with Gasteiger partial charge in [0.1, 0.15) is 24.3 Å². The summed E-state index contributed by atoms with van der Waals surface area (Å²) in [6.45, 7) is 0.614. The summed E-state index contributed by atoms with van der Waals surface area (Å²) in [5.41, 5.74) is 0.916. The van der Waals surface area contributed by atoms with E-state index in [1.54, 1.807) is 6.20 Å². The van der Waals surface area contributed by atoms with E-state index in [-0.39, 0.29) is 0 Å². The van der Waals surface area contributed by atoms with E-state index in [1.807, 2.05) is 19.2 Å². The fourth-order valence-corrected chi connectivity index (χ4v) is 1.19. The molecule has 0 radical (unpaired) electrons. The van der Waals surface area contributed by atoms with Gasteiger partial charge < -0.3 is 10.6 Å². The Morgan fingerprint density at radius 2 is 2.00 bits per heavy atom. The molecule has 0 aliphatic rings. The molecule has 2 aromatic heterocycles. The minimum absolute atomic E-state index is 0.614. The van der Waals surface area contributed by atoms with E-state index in [1.165, 1.54) is 12.7 Å². The van der Waals surface area contributed by atoms with E-state index in [0.29, 0.717) is 6.54 Å². The number of rotatable bonds is 4. The predicted molar refractivity (Wildman–Crippen MR) is 60.9 cm³/mol. The third-order valence-electron chi connectivity index (χ3n) is 2.02. The Morgan fingerprint density at radius 3 is 2.75 bits per heavy atom. The molecule has 6 nitrogen and oxygen atoms in total. The molecule has 82 valence electrons. The van der Waals surface area contributed by atoms with Crippen molar-refractivity contribution in [2.75, 3.05) is 17.7 Å². The number of hydrogen-bond acceptors (Lipinski definition) is 6. The van der Waals surface area contributed by atoms with E-state index in [9.17, 15) is 0 Å². The molecule has 0 saturated heterocycles. The van der Waals surface area contributed by atoms with Gasteiger partial charge in [0.15, 0.2) is 0 Å². The standard InChI is InChI=1S/C10H12N6/c1-11-9-4-10(16-7-15-9)13-5-8-2-3-12-6-14-8/h2-4,6-7H,5H2,1H3,(H2,11,13,15,16). The zero-order chi connectivity index (χ0) is 11.2. The fraction of sp³-hybridized carbons (Fsp3) is 0.200. The zero-order valence-electron chi connectivity index (χ0n) is 8.88. The first-order chi connectivity index (χ1) is 7.88. The molecular weight excluding hydrogens is 204 g/mol. The summed E-state index contributed by atoms with van der Waals surface area (Å²) in [4.78, 5) is 16.1. The molecule has 0 spiro atoms. The second-order valence-electron chi connectivity index (χ2n) is 3.09. The second-order valence-corrected chi connectivity index (χ2v) is 3.09. The van der Waals surface area contributed by atoms with Crippen LogP contribution in [0.15, 0.2) is 31.0 Å². The average molecular weight is 216 g/mol. The van der Waals surface area contributed by atoms with Gasteiger partial charge in [-0.15, -0.1) is 0 Å². The predicted octanol–water partition coefficient (Wildman–Crippen LogP) is 0.920. The molecule has 0 aromatic carbocycles. The summed E-state index contributed by atoms with van der Waals surface area (Å²) < 4.78 is 0. The lowest BCUT2D eigenvalue weighted by atomic mass is 10.4. The molecule has 0 atom stereocenters. The van der Waals surface area contributed by atoms with Gasteiger partial charge in [-0.25, -0.2) is 19.9 Å². The highest BCUT2D eigenvalue weighted by molar-refractivity contribution is 5.45. The summed E-state index contributed by atoms with van der Waals surface area (Å²) >= 11 is 0. The number of anilines is 2. The Kier molecular flexibility index (Phi) is 3.22. The quantitative estimate of drug-likeness (QED) is 0.791. The maximum absolute atomic E-state index is 4.10. The first-order valence-corrected chi connectivity index (χ1v) is 4.87. The Bertz CT molecular complexity index is 444. The van der Waals surface area contributed by atoms with Gasteiger partial charge in [-0.3, -0.25) is 0 Å². The average Bonchev–Trinajstić information content (AvgIpc) is 2.38. The summed E-state index contributed by atoms with van der Waals surface area (Å²) in [7, 11) is 1.82. The molecule has 0 aliphatic heterocycles. The highest BCUT2D eigenvalue weighted by Crippen LogP contribution is 2.08. The lowest BCUT2D eigenvalue weighted by Gasteiger charge is -2.05. The molecule has 0 fully saturated rings. The minimum atomic E-state index is 0.614. The van der Waals surface area contributed by atoms with Crippen LogP contribution < -0.4 is 10.6 Å². The maximum Gasteiger partial charge on any atom is 0.131 e. The van der Waals surface area contributed by atoms with E-state index >= 15 is 0 Å². The van der Waals surface area contributed by atoms with Gasteiger partial charge in [0, 0.05) is 19.3 Å². The first kappa shape index (κ1) is 10.3. The van der Waals surface area contributed by atoms with Crippen molar-refractivity contribution < 1.29 is 0 Å². The molecule has 2 heterocycles. The molecular formula is C10H12N6. The van der Waals surface area contributed by atoms with Crippen molar-refractivity contribution in [2.45, 2.75) is 6.54 Å². The number of aromatic nitrogens is 4. The Labute approximate surface area is 93.2 Å². The van der Waals surface area contributed by atoms with Crippen LogP contribution >= 0.6 is 0 Å². The van der Waals surface area contributed by atoms with Crippen molar-refractivity contribution in [3.8, 4) is 0 Å². The van der Waals surface area contributed by atoms with Crippen LogP contribution in [-0.4, -0.2) is 27.0 Å². The molecule has 0 unspecified atom stereocenters. The molecule has 2 rings (SSSR count). The van der Waals surface area contributed by atoms with Crippen LogP contribution in [0.1, 0.15) is 5.69 Å². The van der Waals surface area contributed by atoms with Crippen molar-refractivity contribution in [1.82, 2.24) is 19.9 Å². The number of hydrogen-bond donors (Lipinski definition) is 2. The van der Waals surface area contributed by atoms with Crippen LogP contribution in [-0.2, 0) is 6.54 Å². The lowest BCUT2D eigenvalue weighted by Crippen LogP contribution is -2.04. The summed E-state index contributed by atoms with van der Waals surface area (Å²) in [5, 5.41) is 6.10. The Balaban J connectivity index is 1.99. The van der Waals surface area contributed by atoms with Gasteiger partial charge in [0.05, 0.1) is 12.2 Å². The highest BCUT2D eigenvalue weighted by atomic mass is 15.1. The van der Waals surface area contributed by atoms with Crippen molar-refractivity contribution in [3.05, 3.63) is 36.7 Å². The lowest BCUT2D eigenvalue weighted by molar-refractivity contribution is 0.991. The van der Waals surface area contributed by atoms with Crippen molar-refractivity contribution in [3.63, 3.8) is 0 Å². The smallest absolute Gasteiger partial charge is 0.131 e. The maximum atomic E-state index is 4.10. The molecule has 0 amide bonds. The molecule has 2 aromatic rings. The van der Waals surface area contributed by atoms with Crippen LogP contribution in [0.4, 0.5) is 11.6 Å². The second kappa shape index (κ2) is 5.01. The van der Waals surface area contributed by atoms with Crippen LogP contribution in [0, 0.1) is 0 Å². The molecule has 0 aliphatic carbocycles. The number of nitrogens with one attached hydrogen (secondary N) is 2. The number of nitrogens with zero attached hydrogens (tertiary/aromatic N) is 4. The van der Waals surface area contributed by atoms with Gasteiger partial charge in [-0.2, -0.15) is 0 Å². The van der Waals surface area contributed by atoms with Gasteiger partial charge in [0.25, 0.3) is 0 Å². The SMILES string of the molecule is CNc1cc(NCc2ccncn2)ncn1. The van der Waals surface area contributed by atoms with E-state index in [4.69, 9.17) is 0 Å². The third-order valence-corrected chi connectivity index (χ3v) is 2.02.